The zero-order valence-electron chi connectivity index (χ0n) is 12.5. The topological polar surface area (TPSA) is 52.0 Å². The molecule has 1 saturated heterocycles. The normalized spacial score (nSPS) is 15.4. The van der Waals surface area contributed by atoms with E-state index in [1.165, 1.54) is 6.26 Å². The molecule has 1 aliphatic heterocycles. The van der Waals surface area contributed by atoms with E-state index >= 15 is 0 Å². The lowest BCUT2D eigenvalue weighted by molar-refractivity contribution is 0.0659. The molecular weight excluding hydrogens is 288 g/mol. The van der Waals surface area contributed by atoms with E-state index in [0.717, 1.165) is 31.3 Å². The van der Waals surface area contributed by atoms with Crippen molar-refractivity contribution in [1.82, 2.24) is 20.0 Å². The number of amides is 1. The lowest BCUT2D eigenvalue weighted by atomic mass is 10.3. The van der Waals surface area contributed by atoms with Crippen LogP contribution in [0.25, 0.3) is 0 Å². The molecule has 7 heteroatoms. The van der Waals surface area contributed by atoms with E-state index in [9.17, 15) is 4.79 Å². The molecule has 1 N–H and O–H groups in total. The number of likely N-dealkylation sites (N-methyl/N-ethyl adjacent to an activating group) is 1. The smallest absolute Gasteiger partial charge is 0.289 e. The molecule has 0 bridgehead atoms. The Morgan fingerprint density at radius 2 is 2.00 bits per heavy atom. The van der Waals surface area contributed by atoms with Crippen LogP contribution in [0.2, 0.25) is 0 Å². The van der Waals surface area contributed by atoms with Gasteiger partial charge in [-0.15, -0.1) is 0 Å². The summed E-state index contributed by atoms with van der Waals surface area (Å²) in [7, 11) is 4.06. The molecule has 0 unspecified atom stereocenters. The van der Waals surface area contributed by atoms with Gasteiger partial charge in [0.25, 0.3) is 5.91 Å². The van der Waals surface area contributed by atoms with Crippen molar-refractivity contribution in [3.8, 4) is 0 Å². The lowest BCUT2D eigenvalue weighted by Gasteiger charge is -2.36. The zero-order chi connectivity index (χ0) is 15.2. The highest BCUT2D eigenvalue weighted by molar-refractivity contribution is 7.80. The van der Waals surface area contributed by atoms with E-state index < -0.39 is 0 Å². The van der Waals surface area contributed by atoms with E-state index in [4.69, 9.17) is 16.6 Å². The van der Waals surface area contributed by atoms with Gasteiger partial charge in [-0.05, 0) is 38.4 Å². The molecule has 1 aliphatic rings. The van der Waals surface area contributed by atoms with Crippen LogP contribution < -0.4 is 5.32 Å². The van der Waals surface area contributed by atoms with Crippen molar-refractivity contribution in [1.29, 1.82) is 0 Å². The Balaban J connectivity index is 1.75. The van der Waals surface area contributed by atoms with Gasteiger partial charge in [0.15, 0.2) is 10.9 Å². The number of nitrogens with one attached hydrogen (secondary N) is 1. The Bertz CT molecular complexity index is 467. The van der Waals surface area contributed by atoms with Crippen molar-refractivity contribution in [2.75, 3.05) is 53.4 Å². The summed E-state index contributed by atoms with van der Waals surface area (Å²) < 4.78 is 5.15. The third-order valence-corrected chi connectivity index (χ3v) is 3.82. The summed E-state index contributed by atoms with van der Waals surface area (Å²) in [5, 5.41) is 4.01. The molecule has 0 aromatic carbocycles. The number of carbonyl (C=O) groups is 1. The predicted molar refractivity (Wildman–Crippen MR) is 85.3 cm³/mol. The molecular formula is C14H22N4O2S. The summed E-state index contributed by atoms with van der Waals surface area (Å²) >= 11 is 5.38. The van der Waals surface area contributed by atoms with E-state index in [-0.39, 0.29) is 5.91 Å². The molecule has 2 rings (SSSR count). The molecule has 1 aromatic rings. The van der Waals surface area contributed by atoms with Crippen LogP contribution in [0.15, 0.2) is 22.8 Å². The Hall–Kier alpha value is -1.60. The number of hydrogen-bond acceptors (Lipinski definition) is 4. The summed E-state index contributed by atoms with van der Waals surface area (Å²) in [6, 6.07) is 3.43. The van der Waals surface area contributed by atoms with Gasteiger partial charge >= 0.3 is 0 Å². The fourth-order valence-corrected chi connectivity index (χ4v) is 2.45. The molecule has 1 fully saturated rings. The Labute approximate surface area is 130 Å². The Morgan fingerprint density at radius 1 is 1.33 bits per heavy atom. The first-order valence-electron chi connectivity index (χ1n) is 7.08. The van der Waals surface area contributed by atoms with Crippen LogP contribution in [0.4, 0.5) is 0 Å². The Morgan fingerprint density at radius 3 is 2.57 bits per heavy atom. The molecule has 0 saturated carbocycles. The van der Waals surface area contributed by atoms with Crippen molar-refractivity contribution in [3.05, 3.63) is 24.2 Å². The average molecular weight is 310 g/mol. The van der Waals surface area contributed by atoms with E-state index in [2.05, 4.69) is 15.1 Å². The number of rotatable bonds is 4. The second-order valence-corrected chi connectivity index (χ2v) is 5.68. The maximum Gasteiger partial charge on any atom is 0.289 e. The van der Waals surface area contributed by atoms with Gasteiger partial charge in [0, 0.05) is 39.3 Å². The van der Waals surface area contributed by atoms with Gasteiger partial charge in [0.2, 0.25) is 0 Å². The molecule has 0 atom stereocenters. The molecule has 1 aromatic heterocycles. The summed E-state index contributed by atoms with van der Waals surface area (Å²) in [5.41, 5.74) is 0. The quantitative estimate of drug-likeness (QED) is 0.816. The monoisotopic (exact) mass is 310 g/mol. The molecule has 1 amide bonds. The van der Waals surface area contributed by atoms with Gasteiger partial charge < -0.3 is 24.4 Å². The predicted octanol–water partition coefficient (Wildman–Crippen LogP) is 0.474. The average Bonchev–Trinajstić information content (AvgIpc) is 3.00. The van der Waals surface area contributed by atoms with Crippen molar-refractivity contribution < 1.29 is 9.21 Å². The fraction of sp³-hybridized carbons (Fsp3) is 0.571. The van der Waals surface area contributed by atoms with E-state index in [1.807, 2.05) is 14.1 Å². The van der Waals surface area contributed by atoms with Crippen LogP contribution >= 0.6 is 12.2 Å². The van der Waals surface area contributed by atoms with Gasteiger partial charge in [0.1, 0.15) is 0 Å². The first kappa shape index (κ1) is 15.8. The molecule has 0 spiro atoms. The maximum atomic E-state index is 12.1. The van der Waals surface area contributed by atoms with Gasteiger partial charge in [-0.1, -0.05) is 0 Å². The summed E-state index contributed by atoms with van der Waals surface area (Å²) in [5.74, 6) is 0.348. The van der Waals surface area contributed by atoms with Crippen LogP contribution in [-0.2, 0) is 0 Å². The van der Waals surface area contributed by atoms with Crippen LogP contribution in [0, 0.1) is 0 Å². The summed E-state index contributed by atoms with van der Waals surface area (Å²) in [4.78, 5) is 18.2. The largest absolute Gasteiger partial charge is 0.459 e. The molecule has 6 nitrogen and oxygen atoms in total. The van der Waals surface area contributed by atoms with E-state index in [1.54, 1.807) is 17.0 Å². The Kier molecular flexibility index (Phi) is 5.58. The van der Waals surface area contributed by atoms with Crippen molar-refractivity contribution in [2.45, 2.75) is 0 Å². The lowest BCUT2D eigenvalue weighted by Crippen LogP contribution is -2.53. The third kappa shape index (κ3) is 4.44. The summed E-state index contributed by atoms with van der Waals surface area (Å²) in [6.45, 7) is 4.60. The number of nitrogens with zero attached hydrogens (tertiary/aromatic N) is 3. The van der Waals surface area contributed by atoms with Crippen molar-refractivity contribution in [3.63, 3.8) is 0 Å². The maximum absolute atomic E-state index is 12.1. The van der Waals surface area contributed by atoms with Crippen LogP contribution in [-0.4, -0.2) is 79.1 Å². The van der Waals surface area contributed by atoms with Crippen LogP contribution in [0.5, 0.6) is 0 Å². The van der Waals surface area contributed by atoms with E-state index in [0.29, 0.717) is 18.8 Å². The zero-order valence-corrected chi connectivity index (χ0v) is 13.4. The van der Waals surface area contributed by atoms with Crippen LogP contribution in [0.1, 0.15) is 10.6 Å². The SMILES string of the molecule is CN(C)CCNC(=S)N1CCN(C(=O)c2ccco2)CC1. The molecule has 21 heavy (non-hydrogen) atoms. The highest BCUT2D eigenvalue weighted by Gasteiger charge is 2.24. The standard InChI is InChI=1S/C14H22N4O2S/c1-16(2)6-5-15-14(21)18-9-7-17(8-10-18)13(19)12-4-3-11-20-12/h3-4,11H,5-10H2,1-2H3,(H,15,21). The fourth-order valence-electron chi connectivity index (χ4n) is 2.17. The van der Waals surface area contributed by atoms with Gasteiger partial charge in [-0.2, -0.15) is 0 Å². The first-order valence-corrected chi connectivity index (χ1v) is 7.49. The third-order valence-electron chi connectivity index (χ3n) is 3.42. The van der Waals surface area contributed by atoms with Crippen molar-refractivity contribution in [2.24, 2.45) is 0 Å². The molecule has 116 valence electrons. The number of furan rings is 1. The second-order valence-electron chi connectivity index (χ2n) is 5.29. The minimum absolute atomic E-state index is 0.0499. The van der Waals surface area contributed by atoms with Gasteiger partial charge in [-0.3, -0.25) is 4.79 Å². The molecule has 0 aliphatic carbocycles. The minimum atomic E-state index is -0.0499. The number of piperazine rings is 1. The van der Waals surface area contributed by atoms with Crippen molar-refractivity contribution >= 4 is 23.2 Å². The first-order chi connectivity index (χ1) is 10.1. The van der Waals surface area contributed by atoms with Gasteiger partial charge in [0.05, 0.1) is 6.26 Å². The number of hydrogen-bond donors (Lipinski definition) is 1. The molecule has 0 radical (unpaired) electrons. The highest BCUT2D eigenvalue weighted by Crippen LogP contribution is 2.09. The highest BCUT2D eigenvalue weighted by atomic mass is 32.1. The number of carbonyl (C=O) groups excluding carboxylic acids is 1. The molecule has 2 heterocycles. The summed E-state index contributed by atoms with van der Waals surface area (Å²) in [6.07, 6.45) is 1.52. The van der Waals surface area contributed by atoms with Gasteiger partial charge in [-0.25, -0.2) is 0 Å². The number of thiocarbonyl (C=S) groups is 1. The minimum Gasteiger partial charge on any atom is -0.459 e. The second kappa shape index (κ2) is 7.42. The van der Waals surface area contributed by atoms with Crippen LogP contribution in [0.3, 0.4) is 0 Å².